The lowest BCUT2D eigenvalue weighted by molar-refractivity contribution is 0.0527. The van der Waals surface area contributed by atoms with Crippen LogP contribution in [0.25, 0.3) is 11.0 Å². The van der Waals surface area contributed by atoms with Crippen molar-refractivity contribution in [3.8, 4) is 0 Å². The van der Waals surface area contributed by atoms with Crippen LogP contribution in [0.1, 0.15) is 49.2 Å². The van der Waals surface area contributed by atoms with Crippen LogP contribution in [0.15, 0.2) is 22.8 Å². The van der Waals surface area contributed by atoms with E-state index in [1.165, 1.54) is 6.26 Å². The van der Waals surface area contributed by atoms with E-state index in [1.807, 2.05) is 13.0 Å². The van der Waals surface area contributed by atoms with Crippen LogP contribution in [0.3, 0.4) is 0 Å². The van der Waals surface area contributed by atoms with E-state index in [0.29, 0.717) is 12.2 Å². The van der Waals surface area contributed by atoms with Gasteiger partial charge in [-0.3, -0.25) is 0 Å². The van der Waals surface area contributed by atoms with Gasteiger partial charge in [0.25, 0.3) is 0 Å². The number of carbonyl (C=O) groups excluding carboxylic acids is 1. The van der Waals surface area contributed by atoms with Crippen molar-refractivity contribution in [1.29, 1.82) is 0 Å². The molecule has 0 atom stereocenters. The quantitative estimate of drug-likeness (QED) is 0.759. The summed E-state index contributed by atoms with van der Waals surface area (Å²) in [4.78, 5) is 12.0. The molecule has 0 fully saturated rings. The molecule has 0 spiro atoms. The molecule has 102 valence electrons. The summed E-state index contributed by atoms with van der Waals surface area (Å²) in [6, 6.07) is 4.09. The average molecular weight is 260 g/mol. The van der Waals surface area contributed by atoms with Crippen LogP contribution >= 0.6 is 0 Å². The second-order valence-corrected chi connectivity index (χ2v) is 5.75. The van der Waals surface area contributed by atoms with Crippen molar-refractivity contribution in [2.24, 2.45) is 0 Å². The summed E-state index contributed by atoms with van der Waals surface area (Å²) in [7, 11) is 0. The van der Waals surface area contributed by atoms with Crippen LogP contribution < -0.4 is 0 Å². The minimum absolute atomic E-state index is 0.0320. The third kappa shape index (κ3) is 2.37. The Kier molecular flexibility index (Phi) is 3.40. The molecule has 0 bridgehead atoms. The number of esters is 1. The zero-order chi connectivity index (χ0) is 14.2. The fourth-order valence-electron chi connectivity index (χ4n) is 2.26. The lowest BCUT2D eigenvalue weighted by Crippen LogP contribution is -2.11. The van der Waals surface area contributed by atoms with Crippen molar-refractivity contribution in [3.05, 3.63) is 35.1 Å². The van der Waals surface area contributed by atoms with E-state index in [9.17, 15) is 4.79 Å². The molecule has 3 nitrogen and oxygen atoms in total. The Morgan fingerprint density at radius 2 is 2.00 bits per heavy atom. The van der Waals surface area contributed by atoms with Crippen LogP contribution in [0.5, 0.6) is 0 Å². The van der Waals surface area contributed by atoms with E-state index in [0.717, 1.165) is 22.1 Å². The molecular weight excluding hydrogens is 240 g/mol. The third-order valence-electron chi connectivity index (χ3n) is 3.23. The van der Waals surface area contributed by atoms with Crippen LogP contribution in [0.2, 0.25) is 0 Å². The minimum atomic E-state index is -0.324. The Balaban J connectivity index is 2.69. The number of rotatable bonds is 2. The number of hydrogen-bond acceptors (Lipinski definition) is 3. The Bertz CT molecular complexity index is 615. The van der Waals surface area contributed by atoms with Crippen LogP contribution in [-0.2, 0) is 10.2 Å². The van der Waals surface area contributed by atoms with Crippen LogP contribution in [0, 0.1) is 6.92 Å². The number of fused-ring (bicyclic) bond motifs is 1. The van der Waals surface area contributed by atoms with Gasteiger partial charge in [-0.15, -0.1) is 0 Å². The van der Waals surface area contributed by atoms with Gasteiger partial charge in [0.2, 0.25) is 0 Å². The molecule has 0 N–H and O–H groups in total. The standard InChI is InChI=1S/C16H20O3/c1-6-18-15(17)11-9-19-14-12(16(3,4)5)8-7-10(2)13(11)14/h7-9H,6H2,1-5H3. The highest BCUT2D eigenvalue weighted by Crippen LogP contribution is 2.34. The number of ether oxygens (including phenoxy) is 1. The molecule has 0 radical (unpaired) electrons. The lowest BCUT2D eigenvalue weighted by Gasteiger charge is -2.19. The van der Waals surface area contributed by atoms with E-state index in [1.54, 1.807) is 6.92 Å². The SMILES string of the molecule is CCOC(=O)c1coc2c(C(C)(C)C)ccc(C)c12. The van der Waals surface area contributed by atoms with E-state index in [4.69, 9.17) is 9.15 Å². The molecule has 1 aromatic heterocycles. The Morgan fingerprint density at radius 1 is 1.32 bits per heavy atom. The van der Waals surface area contributed by atoms with Gasteiger partial charge in [0.15, 0.2) is 0 Å². The van der Waals surface area contributed by atoms with E-state index >= 15 is 0 Å². The third-order valence-corrected chi connectivity index (χ3v) is 3.23. The maximum absolute atomic E-state index is 12.0. The first kappa shape index (κ1) is 13.7. The summed E-state index contributed by atoms with van der Waals surface area (Å²) in [6.45, 7) is 10.5. The molecular formula is C16H20O3. The van der Waals surface area contributed by atoms with Crippen LogP contribution in [-0.4, -0.2) is 12.6 Å². The monoisotopic (exact) mass is 260 g/mol. The molecule has 0 amide bonds. The molecule has 2 rings (SSSR count). The van der Waals surface area contributed by atoms with Gasteiger partial charge in [-0.2, -0.15) is 0 Å². The first-order valence-corrected chi connectivity index (χ1v) is 6.54. The number of aryl methyl sites for hydroxylation is 1. The summed E-state index contributed by atoms with van der Waals surface area (Å²) in [6.07, 6.45) is 1.50. The van der Waals surface area contributed by atoms with Gasteiger partial charge < -0.3 is 9.15 Å². The largest absolute Gasteiger partial charge is 0.463 e. The summed E-state index contributed by atoms with van der Waals surface area (Å²) in [5.74, 6) is -0.324. The molecule has 0 aliphatic heterocycles. The topological polar surface area (TPSA) is 39.4 Å². The fraction of sp³-hybridized carbons (Fsp3) is 0.438. The molecule has 0 unspecified atom stereocenters. The molecule has 19 heavy (non-hydrogen) atoms. The van der Waals surface area contributed by atoms with Gasteiger partial charge in [-0.25, -0.2) is 4.79 Å². The van der Waals surface area contributed by atoms with Gasteiger partial charge in [0, 0.05) is 10.9 Å². The second-order valence-electron chi connectivity index (χ2n) is 5.75. The zero-order valence-electron chi connectivity index (χ0n) is 12.2. The summed E-state index contributed by atoms with van der Waals surface area (Å²) >= 11 is 0. The zero-order valence-corrected chi connectivity index (χ0v) is 12.2. The Morgan fingerprint density at radius 3 is 2.58 bits per heavy atom. The maximum Gasteiger partial charge on any atom is 0.342 e. The van der Waals surface area contributed by atoms with Crippen LogP contribution in [0.4, 0.5) is 0 Å². The van der Waals surface area contributed by atoms with Gasteiger partial charge in [-0.05, 0) is 24.8 Å². The normalized spacial score (nSPS) is 11.8. The van der Waals surface area contributed by atoms with Crippen molar-refractivity contribution in [2.45, 2.75) is 40.0 Å². The van der Waals surface area contributed by atoms with Crippen molar-refractivity contribution in [3.63, 3.8) is 0 Å². The first-order valence-electron chi connectivity index (χ1n) is 6.54. The fourth-order valence-corrected chi connectivity index (χ4v) is 2.26. The summed E-state index contributed by atoms with van der Waals surface area (Å²) in [5.41, 5.74) is 3.40. The number of benzene rings is 1. The van der Waals surface area contributed by atoms with Crippen molar-refractivity contribution < 1.29 is 13.9 Å². The molecule has 1 heterocycles. The maximum atomic E-state index is 12.0. The highest BCUT2D eigenvalue weighted by Gasteiger charge is 2.24. The predicted molar refractivity (Wildman–Crippen MR) is 75.6 cm³/mol. The molecule has 0 saturated heterocycles. The van der Waals surface area contributed by atoms with Crippen molar-refractivity contribution >= 4 is 16.9 Å². The first-order chi connectivity index (χ1) is 8.86. The van der Waals surface area contributed by atoms with Crippen molar-refractivity contribution in [2.75, 3.05) is 6.61 Å². The molecule has 0 aliphatic rings. The molecule has 3 heteroatoms. The van der Waals surface area contributed by atoms with Gasteiger partial charge in [0.05, 0.1) is 6.61 Å². The smallest absolute Gasteiger partial charge is 0.342 e. The average Bonchev–Trinajstić information content (AvgIpc) is 2.73. The van der Waals surface area contributed by atoms with E-state index < -0.39 is 0 Å². The number of hydrogen-bond donors (Lipinski definition) is 0. The second kappa shape index (κ2) is 4.72. The highest BCUT2D eigenvalue weighted by molar-refractivity contribution is 6.05. The number of carbonyl (C=O) groups is 1. The Hall–Kier alpha value is -1.77. The molecule has 2 aromatic rings. The lowest BCUT2D eigenvalue weighted by atomic mass is 9.85. The van der Waals surface area contributed by atoms with Gasteiger partial charge in [0.1, 0.15) is 17.4 Å². The Labute approximate surface area is 113 Å². The van der Waals surface area contributed by atoms with E-state index in [2.05, 4.69) is 26.8 Å². The highest BCUT2D eigenvalue weighted by atomic mass is 16.5. The van der Waals surface area contributed by atoms with Gasteiger partial charge >= 0.3 is 5.97 Å². The number of furan rings is 1. The van der Waals surface area contributed by atoms with Gasteiger partial charge in [-0.1, -0.05) is 32.9 Å². The predicted octanol–water partition coefficient (Wildman–Crippen LogP) is 4.22. The molecule has 0 aliphatic carbocycles. The molecule has 1 aromatic carbocycles. The summed E-state index contributed by atoms with van der Waals surface area (Å²) in [5, 5.41) is 0.867. The summed E-state index contributed by atoms with van der Waals surface area (Å²) < 4.78 is 10.7. The minimum Gasteiger partial charge on any atom is -0.463 e. The van der Waals surface area contributed by atoms with Crippen molar-refractivity contribution in [1.82, 2.24) is 0 Å². The van der Waals surface area contributed by atoms with E-state index in [-0.39, 0.29) is 11.4 Å². The molecule has 0 saturated carbocycles.